The minimum absolute atomic E-state index is 0.0139. The van der Waals surface area contributed by atoms with Crippen LogP contribution in [-0.4, -0.2) is 32.4 Å². The highest BCUT2D eigenvalue weighted by molar-refractivity contribution is 9.10. The van der Waals surface area contributed by atoms with Gasteiger partial charge in [-0.1, -0.05) is 46.3 Å². The molecule has 0 saturated carbocycles. The van der Waals surface area contributed by atoms with Crippen LogP contribution in [0.25, 0.3) is 16.9 Å². The number of primary sulfonamides is 1. The molecule has 8 nitrogen and oxygen atoms in total. The van der Waals surface area contributed by atoms with Crippen molar-refractivity contribution in [3.63, 3.8) is 0 Å². The van der Waals surface area contributed by atoms with E-state index in [9.17, 15) is 21.6 Å². The highest BCUT2D eigenvalue weighted by Gasteiger charge is 2.33. The average molecular weight is 560 g/mol. The minimum atomic E-state index is -4.15. The molecule has 0 aliphatic rings. The monoisotopic (exact) mass is 559 g/mol. The van der Waals surface area contributed by atoms with E-state index in [4.69, 9.17) is 5.14 Å². The fourth-order valence-corrected chi connectivity index (χ4v) is 5.86. The van der Waals surface area contributed by atoms with Crippen LogP contribution in [0.5, 0.6) is 0 Å². The molecular formula is C23H18BrN3O5S2. The maximum absolute atomic E-state index is 13.7. The summed E-state index contributed by atoms with van der Waals surface area (Å²) in [6.07, 6.45) is 0. The van der Waals surface area contributed by atoms with Crippen LogP contribution in [0.4, 0.5) is 0 Å². The number of nitrogens with two attached hydrogens (primary N) is 1. The molecule has 1 heterocycles. The minimum Gasteiger partial charge on any atom is -0.293 e. The Hall–Kier alpha value is -3.12. The molecule has 4 rings (SSSR count). The quantitative estimate of drug-likeness (QED) is 0.355. The lowest BCUT2D eigenvalue weighted by Gasteiger charge is -2.12. The number of sulfonamides is 1. The number of halogens is 1. The second kappa shape index (κ2) is 8.91. The fourth-order valence-electron chi connectivity index (χ4n) is 3.43. The summed E-state index contributed by atoms with van der Waals surface area (Å²) in [5.41, 5.74) is 0.790. The molecule has 0 saturated heterocycles. The van der Waals surface area contributed by atoms with Crippen molar-refractivity contribution < 1.29 is 21.6 Å². The van der Waals surface area contributed by atoms with Crippen molar-refractivity contribution in [1.29, 1.82) is 0 Å². The Kier molecular flexibility index (Phi) is 6.30. The van der Waals surface area contributed by atoms with Crippen molar-refractivity contribution in [3.05, 3.63) is 89.0 Å². The molecule has 0 amide bonds. The molecule has 0 bridgehead atoms. The molecule has 0 atom stereocenters. The third kappa shape index (κ3) is 4.47. The van der Waals surface area contributed by atoms with Gasteiger partial charge in [0.2, 0.25) is 19.9 Å². The van der Waals surface area contributed by atoms with Gasteiger partial charge in [0.25, 0.3) is 0 Å². The molecule has 2 N–H and O–H groups in total. The first kappa shape index (κ1) is 24.0. The predicted octanol–water partition coefficient (Wildman–Crippen LogP) is 3.98. The Morgan fingerprint density at radius 3 is 1.97 bits per heavy atom. The third-order valence-electron chi connectivity index (χ3n) is 5.03. The summed E-state index contributed by atoms with van der Waals surface area (Å²) in [6, 6.07) is 20.1. The van der Waals surface area contributed by atoms with Crippen LogP contribution in [0.1, 0.15) is 17.4 Å². The molecule has 0 aliphatic heterocycles. The van der Waals surface area contributed by atoms with Crippen LogP contribution < -0.4 is 5.14 Å². The summed E-state index contributed by atoms with van der Waals surface area (Å²) in [5, 5.41) is 9.55. The molecule has 0 aliphatic carbocycles. The molecular weight excluding hydrogens is 542 g/mol. The van der Waals surface area contributed by atoms with E-state index in [-0.39, 0.29) is 26.1 Å². The highest BCUT2D eigenvalue weighted by Crippen LogP contribution is 2.37. The molecule has 0 fully saturated rings. The Morgan fingerprint density at radius 1 is 0.853 bits per heavy atom. The normalized spacial score (nSPS) is 12.0. The predicted molar refractivity (Wildman–Crippen MR) is 130 cm³/mol. The number of nitrogens with zero attached hydrogens (tertiary/aromatic N) is 2. The van der Waals surface area contributed by atoms with Crippen LogP contribution in [0.15, 0.2) is 98.0 Å². The van der Waals surface area contributed by atoms with E-state index < -0.39 is 25.6 Å². The second-order valence-corrected chi connectivity index (χ2v) is 11.7. The van der Waals surface area contributed by atoms with E-state index in [2.05, 4.69) is 21.0 Å². The maximum atomic E-state index is 13.7. The number of rotatable bonds is 6. The molecule has 11 heteroatoms. The van der Waals surface area contributed by atoms with Gasteiger partial charge in [-0.3, -0.25) is 4.79 Å². The zero-order valence-electron chi connectivity index (χ0n) is 17.7. The Morgan fingerprint density at radius 2 is 1.44 bits per heavy atom. The lowest BCUT2D eigenvalue weighted by molar-refractivity contribution is 0.100. The number of Topliss-reactive ketones (excluding diaryl/α,β-unsaturated/α-hetero) is 1. The van der Waals surface area contributed by atoms with Gasteiger partial charge >= 0.3 is 0 Å². The van der Waals surface area contributed by atoms with Crippen LogP contribution in [0, 0.1) is 0 Å². The average Bonchev–Trinajstić information content (AvgIpc) is 3.22. The van der Waals surface area contributed by atoms with Crippen molar-refractivity contribution in [1.82, 2.24) is 9.78 Å². The summed E-state index contributed by atoms with van der Waals surface area (Å²) < 4.78 is 52.9. The zero-order valence-corrected chi connectivity index (χ0v) is 20.9. The number of hydrogen-bond acceptors (Lipinski definition) is 6. The van der Waals surface area contributed by atoms with E-state index in [0.717, 1.165) is 4.47 Å². The zero-order chi connectivity index (χ0) is 24.7. The first-order valence-corrected chi connectivity index (χ1v) is 13.7. The smallest absolute Gasteiger partial charge is 0.238 e. The standard InChI is InChI=1S/C23H18BrN3O5S2/c1-15(28)21-23(33(29,30)19-5-3-2-4-6-19)22(16-7-9-17(24)10-8-16)27(26-21)18-11-13-20(14-12-18)34(25,31)32/h2-14H,1H3,(H2,25,31,32). The van der Waals surface area contributed by atoms with Gasteiger partial charge in [-0.15, -0.1) is 0 Å². The highest BCUT2D eigenvalue weighted by atomic mass is 79.9. The Labute approximate surface area is 205 Å². The number of sulfone groups is 1. The van der Waals surface area contributed by atoms with Crippen LogP contribution in [0.3, 0.4) is 0 Å². The number of ketones is 1. The molecule has 1 aromatic heterocycles. The van der Waals surface area contributed by atoms with E-state index >= 15 is 0 Å². The molecule has 174 valence electrons. The Bertz CT molecular complexity index is 1600. The van der Waals surface area contributed by atoms with Gasteiger partial charge in [-0.05, 0) is 48.5 Å². The summed E-state index contributed by atoms with van der Waals surface area (Å²) in [5.74, 6) is -0.534. The van der Waals surface area contributed by atoms with Crippen molar-refractivity contribution in [2.24, 2.45) is 5.14 Å². The molecule has 0 spiro atoms. The third-order valence-corrected chi connectivity index (χ3v) is 8.30. The van der Waals surface area contributed by atoms with Gasteiger partial charge in [-0.25, -0.2) is 26.7 Å². The van der Waals surface area contributed by atoms with Gasteiger partial charge in [0.15, 0.2) is 5.78 Å². The summed E-state index contributed by atoms with van der Waals surface area (Å²) in [7, 11) is -8.08. The summed E-state index contributed by atoms with van der Waals surface area (Å²) in [4.78, 5) is 12.2. The van der Waals surface area contributed by atoms with Gasteiger partial charge in [0.1, 0.15) is 10.6 Å². The van der Waals surface area contributed by atoms with Gasteiger partial charge in [0.05, 0.1) is 21.2 Å². The summed E-state index contributed by atoms with van der Waals surface area (Å²) >= 11 is 3.37. The fraction of sp³-hybridized carbons (Fsp3) is 0.0435. The lowest BCUT2D eigenvalue weighted by Crippen LogP contribution is -2.12. The van der Waals surface area contributed by atoms with Crippen molar-refractivity contribution in [3.8, 4) is 16.9 Å². The SMILES string of the molecule is CC(=O)c1nn(-c2ccc(S(N)(=O)=O)cc2)c(-c2ccc(Br)cc2)c1S(=O)(=O)c1ccccc1. The number of hydrogen-bond donors (Lipinski definition) is 1. The number of carbonyl (C=O) groups excluding carboxylic acids is 1. The van der Waals surface area contributed by atoms with E-state index in [1.807, 2.05) is 0 Å². The molecule has 0 unspecified atom stereocenters. The van der Waals surface area contributed by atoms with Gasteiger partial charge < -0.3 is 0 Å². The number of benzene rings is 3. The molecule has 34 heavy (non-hydrogen) atoms. The van der Waals surface area contributed by atoms with Gasteiger partial charge in [-0.2, -0.15) is 5.10 Å². The van der Waals surface area contributed by atoms with E-state index in [0.29, 0.717) is 11.3 Å². The summed E-state index contributed by atoms with van der Waals surface area (Å²) in [6.45, 7) is 1.24. The first-order chi connectivity index (χ1) is 16.0. The number of carbonyl (C=O) groups is 1. The number of aromatic nitrogens is 2. The molecule has 4 aromatic rings. The lowest BCUT2D eigenvalue weighted by atomic mass is 10.1. The second-order valence-electron chi connectivity index (χ2n) is 7.36. The molecule has 3 aromatic carbocycles. The molecule has 0 radical (unpaired) electrons. The van der Waals surface area contributed by atoms with Crippen molar-refractivity contribution in [2.45, 2.75) is 21.6 Å². The van der Waals surface area contributed by atoms with Gasteiger partial charge in [0, 0.05) is 17.0 Å². The van der Waals surface area contributed by atoms with Crippen molar-refractivity contribution >= 4 is 41.6 Å². The van der Waals surface area contributed by atoms with Crippen molar-refractivity contribution in [2.75, 3.05) is 0 Å². The topological polar surface area (TPSA) is 129 Å². The van der Waals surface area contributed by atoms with Crippen LogP contribution in [-0.2, 0) is 19.9 Å². The largest absolute Gasteiger partial charge is 0.293 e. The maximum Gasteiger partial charge on any atom is 0.238 e. The van der Waals surface area contributed by atoms with E-state index in [1.54, 1.807) is 42.5 Å². The van der Waals surface area contributed by atoms with Crippen LogP contribution in [0.2, 0.25) is 0 Å². The van der Waals surface area contributed by atoms with Crippen LogP contribution >= 0.6 is 15.9 Å². The van der Waals surface area contributed by atoms with E-state index in [1.165, 1.54) is 48.0 Å². The first-order valence-electron chi connectivity index (χ1n) is 9.83. The Balaban J connectivity index is 2.08.